The number of rotatable bonds is 29. The van der Waals surface area contributed by atoms with E-state index in [0.29, 0.717) is 6.08 Å². The topological polar surface area (TPSA) is 800 Å². The van der Waals surface area contributed by atoms with Gasteiger partial charge in [0.2, 0.25) is 12.0 Å². The van der Waals surface area contributed by atoms with Crippen molar-refractivity contribution in [3.63, 3.8) is 0 Å². The van der Waals surface area contributed by atoms with Crippen molar-refractivity contribution >= 4 is 11.9 Å². The van der Waals surface area contributed by atoms with E-state index in [-0.39, 0.29) is 0 Å². The Kier molecular flexibility index (Phi) is 29.9. The van der Waals surface area contributed by atoms with E-state index in [1.54, 1.807) is 0 Å². The molecule has 103 heavy (non-hydrogen) atoms. The van der Waals surface area contributed by atoms with Crippen molar-refractivity contribution in [2.75, 3.05) is 46.2 Å². The van der Waals surface area contributed by atoms with Gasteiger partial charge in [-0.25, -0.2) is 9.59 Å². The molecule has 598 valence electrons. The van der Waals surface area contributed by atoms with Crippen LogP contribution in [0.15, 0.2) is 11.8 Å². The number of carboxylic acid groups (broad SMARTS) is 2. The van der Waals surface area contributed by atoms with Gasteiger partial charge in [-0.1, -0.05) is 0 Å². The summed E-state index contributed by atoms with van der Waals surface area (Å²) in [7, 11) is 0. The van der Waals surface area contributed by atoms with Gasteiger partial charge < -0.3 is 229 Å². The third kappa shape index (κ3) is 18.1. The number of aliphatic hydroxyl groups excluding tert-OH is 28. The second-order valence-electron chi connectivity index (χ2n) is 25.5. The van der Waals surface area contributed by atoms with Crippen LogP contribution in [0.3, 0.4) is 0 Å². The van der Waals surface area contributed by atoms with Crippen LogP contribution in [-0.4, -0.2) is 480 Å². The van der Waals surface area contributed by atoms with Crippen LogP contribution in [0.2, 0.25) is 0 Å². The summed E-state index contributed by atoms with van der Waals surface area (Å²) < 4.78 is 85.6. The Morgan fingerprint density at radius 3 is 1.29 bits per heavy atom. The largest absolute Gasteiger partial charge is 0.477 e. The maximum absolute atomic E-state index is 12.7. The summed E-state index contributed by atoms with van der Waals surface area (Å²) in [5, 5.41) is 337. The zero-order valence-electron chi connectivity index (χ0n) is 53.3. The molecule has 1 unspecified atom stereocenters. The van der Waals surface area contributed by atoms with E-state index in [1.165, 1.54) is 0 Å². The first-order valence-electron chi connectivity index (χ1n) is 31.8. The fraction of sp³-hybridized carbons (Fsp3) is 0.927. The molecule has 48 nitrogen and oxygen atoms in total. The van der Waals surface area contributed by atoms with Gasteiger partial charge in [0.05, 0.1) is 52.4 Å². The molecule has 0 radical (unpaired) electrons. The Bertz CT molecular complexity index is 2690. The first kappa shape index (κ1) is 85.4. The molecular weight excluding hydrogens is 1430 g/mol. The minimum absolute atomic E-state index is 0.396. The van der Waals surface area contributed by atoms with Gasteiger partial charge in [0.1, 0.15) is 201 Å². The summed E-state index contributed by atoms with van der Waals surface area (Å²) in [6, 6.07) is 0. The fourth-order valence-corrected chi connectivity index (χ4v) is 12.6. The minimum Gasteiger partial charge on any atom is -0.477 e. The highest BCUT2D eigenvalue weighted by Gasteiger charge is 2.62. The number of aliphatic hydroxyl groups is 29. The van der Waals surface area contributed by atoms with Crippen LogP contribution in [0.25, 0.3) is 0 Å². The van der Waals surface area contributed by atoms with Crippen molar-refractivity contribution < 1.29 is 239 Å². The average molecular weight is 1520 g/mol. The first-order chi connectivity index (χ1) is 48.4. The normalized spacial score (nSPS) is 48.2. The number of carboxylic acids is 2. The molecule has 0 amide bonds. The molecule has 8 heterocycles. The van der Waals surface area contributed by atoms with Crippen LogP contribution in [0.1, 0.15) is 6.42 Å². The van der Waals surface area contributed by atoms with Crippen molar-refractivity contribution in [1.82, 2.24) is 0 Å². The number of aliphatic carboxylic acids is 2. The molecule has 0 saturated carbocycles. The van der Waals surface area contributed by atoms with Crippen LogP contribution in [0, 0.1) is 0 Å². The van der Waals surface area contributed by atoms with Crippen molar-refractivity contribution in [2.45, 2.75) is 270 Å². The van der Waals surface area contributed by atoms with E-state index in [4.69, 9.17) is 71.1 Å². The van der Waals surface area contributed by atoms with Gasteiger partial charge in [-0.2, -0.15) is 0 Å². The Morgan fingerprint density at radius 1 is 0.388 bits per heavy atom. The highest BCUT2D eigenvalue weighted by molar-refractivity contribution is 5.84. The monoisotopic (exact) mass is 1520 g/mol. The van der Waals surface area contributed by atoms with Crippen molar-refractivity contribution in [3.05, 3.63) is 11.8 Å². The number of ether oxygens (including phenoxy) is 15. The molecule has 8 rings (SSSR count). The third-order valence-electron chi connectivity index (χ3n) is 18.4. The van der Waals surface area contributed by atoms with Crippen molar-refractivity contribution in [3.8, 4) is 0 Å². The number of hydrogen-bond donors (Lipinski definition) is 31. The standard InChI is InChI=1S/C55H90O48/c56-3-12(64)34-24(74)22(72)28(78)47(92-34)89-9-17(69)37-31(81)42(99-52-41(10(62)1-18(90-52)46(84)85)98-53-44(27(77)26(76)36(95-53)14(66)5-58)101-49-30(80)23(73)25(75)35(93-49)13(65)4-57)32(82)50(94-37)100-43-33(83)51(96-38-11(63)2-55(88,54(86)87)103-40(38)16(68)7-60)97-39(15(67)6-59)45(43)102-48-29(79)21(71)20(70)19(8-61)91-48/h1,10-17,19-45,47-53,56-83,88H,2-9H2,(H,84,85)(H,86,87)/t10-,11+,12-,13-,14+,15-,16+,17-,19+,20+,21-,22-,23-,24-,25-,26-,27-,28-,29+,30-,31+,32-,33-,34+,35+,36+,37+,38+,39+,40+,41+,42-,43+,44-,45+,47-,48-,49+,50+,51-,52-,53+,55?/m0/s1. The Balaban J connectivity index is 1.22. The van der Waals surface area contributed by atoms with E-state index < -0.39 is 334 Å². The predicted molar refractivity (Wildman–Crippen MR) is 304 cm³/mol. The lowest BCUT2D eigenvalue weighted by molar-refractivity contribution is -0.410. The van der Waals surface area contributed by atoms with Gasteiger partial charge >= 0.3 is 11.9 Å². The van der Waals surface area contributed by atoms with Crippen LogP contribution >= 0.6 is 0 Å². The summed E-state index contributed by atoms with van der Waals surface area (Å²) in [5.74, 6) is -8.85. The minimum atomic E-state index is -3.35. The van der Waals surface area contributed by atoms with Gasteiger partial charge in [-0.05, 0) is 6.08 Å². The third-order valence-corrected chi connectivity index (χ3v) is 18.4. The molecule has 8 aliphatic rings. The average Bonchev–Trinajstić information content (AvgIpc) is 0.756. The number of hydrogen-bond acceptors (Lipinski definition) is 46. The molecule has 0 aromatic heterocycles. The van der Waals surface area contributed by atoms with Gasteiger partial charge in [0, 0.05) is 6.42 Å². The van der Waals surface area contributed by atoms with Crippen molar-refractivity contribution in [1.29, 1.82) is 0 Å². The highest BCUT2D eigenvalue weighted by Crippen LogP contribution is 2.41. The summed E-state index contributed by atoms with van der Waals surface area (Å²) in [6.45, 7) is -8.86. The number of carbonyl (C=O) groups is 2. The lowest BCUT2D eigenvalue weighted by Gasteiger charge is -2.52. The van der Waals surface area contributed by atoms with Crippen LogP contribution < -0.4 is 0 Å². The Morgan fingerprint density at radius 2 is 0.777 bits per heavy atom. The maximum Gasteiger partial charge on any atom is 0.371 e. The first-order valence-corrected chi connectivity index (χ1v) is 31.8. The molecule has 31 N–H and O–H groups in total. The van der Waals surface area contributed by atoms with E-state index in [1.807, 2.05) is 0 Å². The smallest absolute Gasteiger partial charge is 0.371 e. The van der Waals surface area contributed by atoms with Crippen LogP contribution in [0.5, 0.6) is 0 Å². The van der Waals surface area contributed by atoms with Crippen LogP contribution in [0.4, 0.5) is 0 Å². The fourth-order valence-electron chi connectivity index (χ4n) is 12.6. The van der Waals surface area contributed by atoms with Gasteiger partial charge in [-0.3, -0.25) is 0 Å². The Hall–Kier alpha value is -3.24. The highest BCUT2D eigenvalue weighted by atomic mass is 16.8. The molecule has 0 aromatic rings. The van der Waals surface area contributed by atoms with Crippen molar-refractivity contribution in [2.24, 2.45) is 0 Å². The summed E-state index contributed by atoms with van der Waals surface area (Å²) in [5.41, 5.74) is 0. The van der Waals surface area contributed by atoms with Gasteiger partial charge in [-0.15, -0.1) is 0 Å². The van der Waals surface area contributed by atoms with E-state index in [0.717, 1.165) is 0 Å². The molecule has 0 bridgehead atoms. The molecular formula is C55H90O48. The second-order valence-corrected chi connectivity index (χ2v) is 25.5. The predicted octanol–water partition coefficient (Wildman–Crippen LogP) is -20.6. The summed E-state index contributed by atoms with van der Waals surface area (Å²) in [6.07, 6.45) is -101. The molecule has 8 aliphatic heterocycles. The SMILES string of the molecule is O=C(O)C1=C[C@H](O)[C@@H](O[C@H]2O[C@H]([C@H](O)CO)[C@@H](O)[C@H](O)[C@@H]2O[C@H]2O[C@H]([C@@H](O)CO)[C@@H](O)[C@H](O)[C@@H]2O)[C@H](O[C@@H]2[C@H](O)[C@@H](O[C@@H]3[C@H](O)[C@@H](O[C@H]4[C@@H]([C@H](O)CO)OC(O)(C(=O)O)C[C@H]4O)O[C@H]([C@@H](O)CO)[C@H]3O[C@@H]3O[C@H](CO)[C@@H](O)[C@H](O)[C@H]3O)O[C@H]([C@@H](O)CO[C@H]3O[C@H]([C@@H](O)CO)[C@@H](O)[C@H](O)[C@@H]3O)[C@H]2O)O1. The van der Waals surface area contributed by atoms with Gasteiger partial charge in [0.25, 0.3) is 5.79 Å². The molecule has 43 atom stereocenters. The molecule has 7 saturated heterocycles. The Labute approximate surface area is 577 Å². The molecule has 0 aromatic carbocycles. The van der Waals surface area contributed by atoms with E-state index in [9.17, 15) is 168 Å². The van der Waals surface area contributed by atoms with Gasteiger partial charge in [0.15, 0.2) is 43.8 Å². The molecule has 0 spiro atoms. The molecule has 0 aliphatic carbocycles. The summed E-state index contributed by atoms with van der Waals surface area (Å²) >= 11 is 0. The van der Waals surface area contributed by atoms with Crippen LogP contribution in [-0.2, 0) is 80.6 Å². The molecule has 7 fully saturated rings. The van der Waals surface area contributed by atoms with E-state index >= 15 is 0 Å². The molecule has 48 heteroatoms. The lowest BCUT2D eigenvalue weighted by Crippen LogP contribution is -2.70. The summed E-state index contributed by atoms with van der Waals surface area (Å²) in [4.78, 5) is 24.9. The zero-order valence-corrected chi connectivity index (χ0v) is 53.3. The second kappa shape index (κ2) is 36.1. The quantitative estimate of drug-likeness (QED) is 0.0331. The lowest BCUT2D eigenvalue weighted by atomic mass is 9.91. The maximum atomic E-state index is 12.7. The van der Waals surface area contributed by atoms with E-state index in [2.05, 4.69) is 0 Å². The zero-order chi connectivity index (χ0) is 76.5.